The van der Waals surface area contributed by atoms with Crippen LogP contribution in [0.4, 0.5) is 0 Å². The number of amidine groups is 1. The second kappa shape index (κ2) is 4.11. The SMILES string of the molecule is NC(CCN(C1CC1)S(N)(=O)=O)=NO. The Kier molecular flexibility index (Phi) is 3.29. The van der Waals surface area contributed by atoms with Gasteiger partial charge in [0.2, 0.25) is 0 Å². The summed E-state index contributed by atoms with van der Waals surface area (Å²) in [6.45, 7) is 0.166. The molecular weight excluding hydrogens is 208 g/mol. The Bertz CT molecular complexity index is 322. The Labute approximate surface area is 82.5 Å². The van der Waals surface area contributed by atoms with Crippen molar-refractivity contribution in [3.05, 3.63) is 0 Å². The van der Waals surface area contributed by atoms with Gasteiger partial charge >= 0.3 is 0 Å². The van der Waals surface area contributed by atoms with Crippen molar-refractivity contribution in [3.8, 4) is 0 Å². The van der Waals surface area contributed by atoms with Crippen LogP contribution in [0.1, 0.15) is 19.3 Å². The maximum Gasteiger partial charge on any atom is 0.277 e. The molecule has 0 bridgehead atoms. The van der Waals surface area contributed by atoms with E-state index in [0.29, 0.717) is 0 Å². The van der Waals surface area contributed by atoms with Crippen LogP contribution in [0.5, 0.6) is 0 Å². The van der Waals surface area contributed by atoms with Gasteiger partial charge in [0.05, 0.1) is 0 Å². The van der Waals surface area contributed by atoms with Gasteiger partial charge in [-0.1, -0.05) is 5.16 Å². The van der Waals surface area contributed by atoms with Crippen LogP contribution in [-0.2, 0) is 10.2 Å². The second-order valence-electron chi connectivity index (χ2n) is 3.23. The smallest absolute Gasteiger partial charge is 0.277 e. The molecule has 82 valence electrons. The molecule has 0 saturated heterocycles. The Morgan fingerprint density at radius 3 is 2.50 bits per heavy atom. The van der Waals surface area contributed by atoms with E-state index in [2.05, 4.69) is 5.16 Å². The summed E-state index contributed by atoms with van der Waals surface area (Å²) in [7, 11) is -3.66. The summed E-state index contributed by atoms with van der Waals surface area (Å²) in [6.07, 6.45) is 1.84. The third-order valence-electron chi connectivity index (χ3n) is 2.00. The van der Waals surface area contributed by atoms with Crippen LogP contribution in [0, 0.1) is 0 Å². The number of rotatable bonds is 5. The average molecular weight is 222 g/mol. The van der Waals surface area contributed by atoms with Crippen LogP contribution < -0.4 is 10.9 Å². The Balaban J connectivity index is 2.53. The first-order valence-electron chi connectivity index (χ1n) is 4.21. The number of oxime groups is 1. The molecule has 0 heterocycles. The molecule has 0 amide bonds. The van der Waals surface area contributed by atoms with Gasteiger partial charge in [0, 0.05) is 19.0 Å². The average Bonchev–Trinajstić information content (AvgIpc) is 2.85. The van der Waals surface area contributed by atoms with Gasteiger partial charge in [-0.2, -0.15) is 12.7 Å². The molecule has 8 heteroatoms. The molecule has 0 aromatic carbocycles. The van der Waals surface area contributed by atoms with Crippen molar-refractivity contribution < 1.29 is 13.6 Å². The van der Waals surface area contributed by atoms with E-state index in [-0.39, 0.29) is 24.8 Å². The molecule has 0 aromatic rings. The van der Waals surface area contributed by atoms with E-state index >= 15 is 0 Å². The summed E-state index contributed by atoms with van der Waals surface area (Å²) >= 11 is 0. The molecule has 1 aliphatic carbocycles. The van der Waals surface area contributed by atoms with Gasteiger partial charge in [-0.25, -0.2) is 5.14 Å². The molecule has 0 atom stereocenters. The third kappa shape index (κ3) is 3.13. The molecule has 14 heavy (non-hydrogen) atoms. The Hall–Kier alpha value is -0.860. The largest absolute Gasteiger partial charge is 0.409 e. The zero-order chi connectivity index (χ0) is 10.8. The second-order valence-corrected chi connectivity index (χ2v) is 4.73. The van der Waals surface area contributed by atoms with Gasteiger partial charge in [0.1, 0.15) is 5.84 Å². The molecule has 1 rings (SSSR count). The fraction of sp³-hybridized carbons (Fsp3) is 0.833. The topological polar surface area (TPSA) is 122 Å². The lowest BCUT2D eigenvalue weighted by Gasteiger charge is -2.17. The summed E-state index contributed by atoms with van der Waals surface area (Å²) in [4.78, 5) is 0. The minimum Gasteiger partial charge on any atom is -0.409 e. The monoisotopic (exact) mass is 222 g/mol. The lowest BCUT2D eigenvalue weighted by Crippen LogP contribution is -2.40. The standard InChI is InChI=1S/C6H14N4O3S/c7-6(9-11)3-4-10(5-1-2-5)14(8,12)13/h5,11H,1-4H2,(H2,7,9)(H2,8,12,13). The molecule has 0 unspecified atom stereocenters. The van der Waals surface area contributed by atoms with E-state index in [1.165, 1.54) is 4.31 Å². The van der Waals surface area contributed by atoms with Gasteiger partial charge in [-0.05, 0) is 12.8 Å². The van der Waals surface area contributed by atoms with Crippen molar-refractivity contribution >= 4 is 16.0 Å². The minimum absolute atomic E-state index is 0.000648. The van der Waals surface area contributed by atoms with E-state index in [9.17, 15) is 8.42 Å². The minimum atomic E-state index is -3.66. The van der Waals surface area contributed by atoms with E-state index in [0.717, 1.165) is 12.8 Å². The highest BCUT2D eigenvalue weighted by atomic mass is 32.2. The van der Waals surface area contributed by atoms with Crippen LogP contribution in [0.2, 0.25) is 0 Å². The van der Waals surface area contributed by atoms with Gasteiger partial charge in [-0.15, -0.1) is 0 Å². The lowest BCUT2D eigenvalue weighted by molar-refractivity contribution is 0.315. The van der Waals surface area contributed by atoms with Crippen molar-refractivity contribution in [2.75, 3.05) is 6.54 Å². The number of nitrogens with two attached hydrogens (primary N) is 2. The molecule has 7 nitrogen and oxygen atoms in total. The van der Waals surface area contributed by atoms with Crippen LogP contribution >= 0.6 is 0 Å². The number of nitrogens with zero attached hydrogens (tertiary/aromatic N) is 2. The quantitative estimate of drug-likeness (QED) is 0.234. The number of hydrogen-bond donors (Lipinski definition) is 3. The highest BCUT2D eigenvalue weighted by Gasteiger charge is 2.35. The van der Waals surface area contributed by atoms with E-state index < -0.39 is 10.2 Å². The Morgan fingerprint density at radius 2 is 2.14 bits per heavy atom. The highest BCUT2D eigenvalue weighted by molar-refractivity contribution is 7.86. The molecular formula is C6H14N4O3S. The first-order chi connectivity index (χ1) is 6.45. The zero-order valence-corrected chi connectivity index (χ0v) is 8.44. The van der Waals surface area contributed by atoms with Gasteiger partial charge in [-0.3, -0.25) is 0 Å². The summed E-state index contributed by atoms with van der Waals surface area (Å²) in [5.74, 6) is -0.000648. The molecule has 0 aromatic heterocycles. The molecule has 0 radical (unpaired) electrons. The summed E-state index contributed by atoms with van der Waals surface area (Å²) < 4.78 is 23.3. The molecule has 0 spiro atoms. The molecule has 1 fully saturated rings. The van der Waals surface area contributed by atoms with Crippen LogP contribution in [0.25, 0.3) is 0 Å². The van der Waals surface area contributed by atoms with Gasteiger partial charge in [0.15, 0.2) is 0 Å². The predicted octanol–water partition coefficient (Wildman–Crippen LogP) is -1.21. The lowest BCUT2D eigenvalue weighted by atomic mass is 10.4. The zero-order valence-electron chi connectivity index (χ0n) is 7.63. The highest BCUT2D eigenvalue weighted by Crippen LogP contribution is 2.28. The van der Waals surface area contributed by atoms with E-state index in [1.807, 2.05) is 0 Å². The van der Waals surface area contributed by atoms with Crippen LogP contribution in [0.3, 0.4) is 0 Å². The van der Waals surface area contributed by atoms with E-state index in [1.54, 1.807) is 0 Å². The van der Waals surface area contributed by atoms with E-state index in [4.69, 9.17) is 16.1 Å². The van der Waals surface area contributed by atoms with Crippen LogP contribution in [-0.4, -0.2) is 36.4 Å². The predicted molar refractivity (Wildman–Crippen MR) is 50.9 cm³/mol. The first kappa shape index (κ1) is 11.2. The molecule has 5 N–H and O–H groups in total. The maximum absolute atomic E-state index is 11.1. The first-order valence-corrected chi connectivity index (χ1v) is 5.71. The van der Waals surface area contributed by atoms with Gasteiger partial charge in [0.25, 0.3) is 10.2 Å². The maximum atomic E-state index is 11.1. The van der Waals surface area contributed by atoms with Crippen molar-refractivity contribution in [2.24, 2.45) is 16.0 Å². The summed E-state index contributed by atoms with van der Waals surface area (Å²) in [5.41, 5.74) is 5.22. The third-order valence-corrected chi connectivity index (χ3v) is 3.13. The Morgan fingerprint density at radius 1 is 1.57 bits per heavy atom. The fourth-order valence-corrected chi connectivity index (χ4v) is 2.13. The summed E-state index contributed by atoms with van der Waals surface area (Å²) in [6, 6.07) is -0.00325. The molecule has 1 saturated carbocycles. The van der Waals surface area contributed by atoms with Crippen LogP contribution in [0.15, 0.2) is 5.16 Å². The van der Waals surface area contributed by atoms with Crippen molar-refractivity contribution in [1.82, 2.24) is 4.31 Å². The molecule has 1 aliphatic rings. The fourth-order valence-electron chi connectivity index (χ4n) is 1.15. The normalized spacial score (nSPS) is 18.9. The van der Waals surface area contributed by atoms with Crippen molar-refractivity contribution in [2.45, 2.75) is 25.3 Å². The number of hydrogen-bond acceptors (Lipinski definition) is 4. The van der Waals surface area contributed by atoms with Crippen molar-refractivity contribution in [1.29, 1.82) is 0 Å². The molecule has 0 aliphatic heterocycles. The van der Waals surface area contributed by atoms with Crippen molar-refractivity contribution in [3.63, 3.8) is 0 Å². The summed E-state index contributed by atoms with van der Waals surface area (Å²) in [5, 5.41) is 16.0. The van der Waals surface area contributed by atoms with Gasteiger partial charge < -0.3 is 10.9 Å².